The van der Waals surface area contributed by atoms with Crippen molar-refractivity contribution in [1.29, 1.82) is 0 Å². The first-order valence-electron chi connectivity index (χ1n) is 40.2. The number of phosphoric ester groups is 2. The van der Waals surface area contributed by atoms with Crippen molar-refractivity contribution in [3.05, 3.63) is 24.3 Å². The summed E-state index contributed by atoms with van der Waals surface area (Å²) in [4.78, 5) is 72.9. The van der Waals surface area contributed by atoms with E-state index in [4.69, 9.17) is 37.0 Å². The zero-order valence-electron chi connectivity index (χ0n) is 63.7. The molecule has 0 aromatic rings. The third-order valence-corrected chi connectivity index (χ3v) is 20.0. The molecule has 0 amide bonds. The maximum Gasteiger partial charge on any atom is 0.472 e. The third kappa shape index (κ3) is 70.6. The Bertz CT molecular complexity index is 2000. The summed E-state index contributed by atoms with van der Waals surface area (Å²) < 4.78 is 68.5. The quantitative estimate of drug-likeness (QED) is 0.0169. The average Bonchev–Trinajstić information content (AvgIpc) is 1.02. The highest BCUT2D eigenvalue weighted by Crippen LogP contribution is 2.45. The van der Waals surface area contributed by atoms with Crippen LogP contribution in [0.1, 0.15) is 382 Å². The molecule has 578 valence electrons. The zero-order chi connectivity index (χ0) is 72.3. The first kappa shape index (κ1) is 95.5. The fourth-order valence-corrected chi connectivity index (χ4v) is 13.1. The molecule has 0 spiro atoms. The maximum atomic E-state index is 13.1. The summed E-state index contributed by atoms with van der Waals surface area (Å²) >= 11 is 0. The Labute approximate surface area is 599 Å². The van der Waals surface area contributed by atoms with Crippen LogP contribution < -0.4 is 0 Å². The molecule has 0 aliphatic heterocycles. The van der Waals surface area contributed by atoms with Gasteiger partial charge in [-0.3, -0.25) is 37.3 Å². The van der Waals surface area contributed by atoms with Gasteiger partial charge in [-0.1, -0.05) is 330 Å². The molecular formula is C79H150O17P2. The van der Waals surface area contributed by atoms with Crippen LogP contribution in [-0.4, -0.2) is 96.7 Å². The van der Waals surface area contributed by atoms with Gasteiger partial charge < -0.3 is 33.8 Å². The van der Waals surface area contributed by atoms with E-state index < -0.39 is 97.5 Å². The Morgan fingerprint density at radius 3 is 0.908 bits per heavy atom. The first-order chi connectivity index (χ1) is 47.3. The molecule has 0 radical (unpaired) electrons. The van der Waals surface area contributed by atoms with E-state index in [-0.39, 0.29) is 25.7 Å². The van der Waals surface area contributed by atoms with Crippen LogP contribution in [-0.2, 0) is 65.4 Å². The highest BCUT2D eigenvalue weighted by molar-refractivity contribution is 7.47. The van der Waals surface area contributed by atoms with Crippen molar-refractivity contribution in [1.82, 2.24) is 0 Å². The predicted molar refractivity (Wildman–Crippen MR) is 400 cm³/mol. The number of hydrogen-bond donors (Lipinski definition) is 3. The Kier molecular flexibility index (Phi) is 67.2. The fraction of sp³-hybridized carbons (Fsp3) is 0.899. The minimum Gasteiger partial charge on any atom is -0.462 e. The Morgan fingerprint density at radius 1 is 0.337 bits per heavy atom. The average molecular weight is 1430 g/mol. The molecule has 0 saturated heterocycles. The third-order valence-electron chi connectivity index (χ3n) is 18.1. The van der Waals surface area contributed by atoms with Gasteiger partial charge in [-0.15, -0.1) is 0 Å². The standard InChI is InChI=1S/C79H150O17P2/c1-8-10-11-12-13-14-15-16-21-25-28-31-39-46-53-60-76(81)89-66-74(95-78(83)62-55-48-40-32-29-26-23-20-18-17-19-22-24-27-30-36-43-50-57-70(3)4)68-93-97(85,86)91-64-73(80)65-92-98(87,88)94-69-75(67-90-77(82)61-54-47-42-35-37-44-51-58-71(5)6)96-79(84)63-56-49-41-34-33-38-45-52-59-72(7)9-2/h14-16,21,70-75,80H,8-13,17-20,22-69H2,1-7H3,(H,85,86)(H,87,88)/b15-14-,21-16-/t72?,73?,74-,75-/m1/s1. The number of rotatable bonds is 75. The van der Waals surface area contributed by atoms with Gasteiger partial charge in [0.05, 0.1) is 26.4 Å². The van der Waals surface area contributed by atoms with Gasteiger partial charge in [0.1, 0.15) is 19.3 Å². The summed E-state index contributed by atoms with van der Waals surface area (Å²) in [6.45, 7) is 11.8. The highest BCUT2D eigenvalue weighted by Gasteiger charge is 2.30. The SMILES string of the molecule is CCCCCC/C=C\C=C/CCCCCCCC(=O)OC[C@H](COP(=O)(O)OCC(O)COP(=O)(O)OC[C@@H](COC(=O)CCCCCCCCCC(C)C)OC(=O)CCCCCCCCCCC(C)CC)OC(=O)CCCCCCCCCCCCCCCCCCCCC(C)C. The van der Waals surface area contributed by atoms with Crippen LogP contribution in [0.3, 0.4) is 0 Å². The fourth-order valence-electron chi connectivity index (χ4n) is 11.6. The highest BCUT2D eigenvalue weighted by atomic mass is 31.2. The molecule has 4 unspecified atom stereocenters. The molecular weight excluding hydrogens is 1280 g/mol. The molecule has 98 heavy (non-hydrogen) atoms. The van der Waals surface area contributed by atoms with Crippen molar-refractivity contribution in [2.24, 2.45) is 17.8 Å². The number of hydrogen-bond acceptors (Lipinski definition) is 15. The van der Waals surface area contributed by atoms with Gasteiger partial charge in [0, 0.05) is 25.7 Å². The van der Waals surface area contributed by atoms with Crippen LogP contribution >= 0.6 is 15.6 Å². The Balaban J connectivity index is 5.25. The van der Waals surface area contributed by atoms with Crippen molar-refractivity contribution in [3.8, 4) is 0 Å². The van der Waals surface area contributed by atoms with E-state index in [0.717, 1.165) is 127 Å². The first-order valence-corrected chi connectivity index (χ1v) is 43.2. The predicted octanol–water partition coefficient (Wildman–Crippen LogP) is 22.9. The van der Waals surface area contributed by atoms with E-state index in [1.807, 2.05) is 0 Å². The van der Waals surface area contributed by atoms with Crippen LogP contribution in [0, 0.1) is 17.8 Å². The Morgan fingerprint density at radius 2 is 0.602 bits per heavy atom. The normalized spacial score (nSPS) is 14.4. The molecule has 19 heteroatoms. The van der Waals surface area contributed by atoms with Gasteiger partial charge in [-0.05, 0) is 69.1 Å². The minimum atomic E-state index is -4.97. The number of aliphatic hydroxyl groups is 1. The topological polar surface area (TPSA) is 237 Å². The summed E-state index contributed by atoms with van der Waals surface area (Å²) in [6, 6.07) is 0. The van der Waals surface area contributed by atoms with Crippen LogP contribution in [0.2, 0.25) is 0 Å². The van der Waals surface area contributed by atoms with Crippen molar-refractivity contribution >= 4 is 39.5 Å². The van der Waals surface area contributed by atoms with Crippen LogP contribution in [0.25, 0.3) is 0 Å². The minimum absolute atomic E-state index is 0.101. The molecule has 0 bridgehead atoms. The molecule has 0 aliphatic carbocycles. The van der Waals surface area contributed by atoms with Crippen LogP contribution in [0.4, 0.5) is 0 Å². The Hall–Kier alpha value is -2.46. The smallest absolute Gasteiger partial charge is 0.462 e. The molecule has 17 nitrogen and oxygen atoms in total. The van der Waals surface area contributed by atoms with Crippen molar-refractivity contribution in [2.75, 3.05) is 39.6 Å². The lowest BCUT2D eigenvalue weighted by atomic mass is 9.99. The molecule has 0 fully saturated rings. The van der Waals surface area contributed by atoms with Crippen molar-refractivity contribution in [2.45, 2.75) is 401 Å². The second kappa shape index (κ2) is 68.9. The number of aliphatic hydroxyl groups excluding tert-OH is 1. The number of carbonyl (C=O) groups excluding carboxylic acids is 4. The summed E-state index contributed by atoms with van der Waals surface area (Å²) in [5.41, 5.74) is 0. The van der Waals surface area contributed by atoms with Crippen molar-refractivity contribution < 1.29 is 80.2 Å². The van der Waals surface area contributed by atoms with E-state index >= 15 is 0 Å². The second-order valence-electron chi connectivity index (χ2n) is 29.0. The molecule has 3 N–H and O–H groups in total. The summed E-state index contributed by atoms with van der Waals surface area (Å²) in [5.74, 6) is 0.142. The monoisotopic (exact) mass is 1430 g/mol. The van der Waals surface area contributed by atoms with Gasteiger partial charge in [-0.25, -0.2) is 9.13 Å². The lowest BCUT2D eigenvalue weighted by molar-refractivity contribution is -0.161. The number of ether oxygens (including phenoxy) is 4. The second-order valence-corrected chi connectivity index (χ2v) is 31.9. The van der Waals surface area contributed by atoms with E-state index in [1.165, 1.54) is 167 Å². The largest absolute Gasteiger partial charge is 0.472 e. The molecule has 0 aliphatic rings. The number of unbranched alkanes of at least 4 members (excludes halogenated alkanes) is 39. The van der Waals surface area contributed by atoms with E-state index in [9.17, 15) is 43.2 Å². The number of allylic oxidation sites excluding steroid dienone is 4. The van der Waals surface area contributed by atoms with Gasteiger partial charge >= 0.3 is 39.5 Å². The molecule has 0 aromatic carbocycles. The molecule has 6 atom stereocenters. The van der Waals surface area contributed by atoms with E-state index in [0.29, 0.717) is 31.6 Å². The van der Waals surface area contributed by atoms with Gasteiger partial charge in [0.25, 0.3) is 0 Å². The van der Waals surface area contributed by atoms with Crippen molar-refractivity contribution in [3.63, 3.8) is 0 Å². The molecule has 0 saturated carbocycles. The number of carbonyl (C=O) groups is 4. The number of phosphoric acid groups is 2. The zero-order valence-corrected chi connectivity index (χ0v) is 65.5. The van der Waals surface area contributed by atoms with Crippen LogP contribution in [0.5, 0.6) is 0 Å². The molecule has 0 rings (SSSR count). The van der Waals surface area contributed by atoms with Gasteiger partial charge in [0.15, 0.2) is 12.2 Å². The molecule has 0 aromatic heterocycles. The lowest BCUT2D eigenvalue weighted by Gasteiger charge is -2.21. The van der Waals surface area contributed by atoms with Gasteiger partial charge in [0.2, 0.25) is 0 Å². The maximum absolute atomic E-state index is 13.1. The van der Waals surface area contributed by atoms with E-state index in [1.54, 1.807) is 0 Å². The molecule has 0 heterocycles. The summed E-state index contributed by atoms with van der Waals surface area (Å²) in [6.07, 6.45) is 59.2. The number of esters is 4. The summed E-state index contributed by atoms with van der Waals surface area (Å²) in [7, 11) is -9.93. The van der Waals surface area contributed by atoms with E-state index in [2.05, 4.69) is 72.8 Å². The lowest BCUT2D eigenvalue weighted by Crippen LogP contribution is -2.30. The van der Waals surface area contributed by atoms with Crippen LogP contribution in [0.15, 0.2) is 24.3 Å². The summed E-state index contributed by atoms with van der Waals surface area (Å²) in [5, 5.41) is 10.6. The van der Waals surface area contributed by atoms with Gasteiger partial charge in [-0.2, -0.15) is 0 Å².